The Hall–Kier alpha value is 0.860. The number of hydrogen-bond acceptors (Lipinski definition) is 0. The van der Waals surface area contributed by atoms with Gasteiger partial charge in [-0.3, -0.25) is 0 Å². The molecule has 0 nitrogen and oxygen atoms in total. The lowest BCUT2D eigenvalue weighted by Crippen LogP contribution is -2.26. The highest BCUT2D eigenvalue weighted by atomic mass is 31.1. The standard InChI is InChI=1S/C21H46P2/c1-11-21(23(14-18(6)7)15-19(8)9)20(10)22(12-16(2)3)13-17(4)5/h16-21H,11-15H2,1-10H3. The Morgan fingerprint density at radius 2 is 0.826 bits per heavy atom. The third-order valence-electron chi connectivity index (χ3n) is 4.42. The largest absolute Gasteiger partial charge is 0.103 e. The Balaban J connectivity index is 5.20. The third kappa shape index (κ3) is 10.4. The van der Waals surface area contributed by atoms with Crippen LogP contribution in [-0.2, 0) is 0 Å². The van der Waals surface area contributed by atoms with Crippen molar-refractivity contribution in [3.05, 3.63) is 0 Å². The molecule has 0 amide bonds. The fourth-order valence-corrected chi connectivity index (χ4v) is 12.0. The first-order valence-corrected chi connectivity index (χ1v) is 13.6. The second-order valence-corrected chi connectivity index (χ2v) is 14.5. The number of hydrogen-bond donors (Lipinski definition) is 0. The van der Waals surface area contributed by atoms with Gasteiger partial charge in [0, 0.05) is 0 Å². The van der Waals surface area contributed by atoms with Gasteiger partial charge in [0.05, 0.1) is 0 Å². The predicted molar refractivity (Wildman–Crippen MR) is 116 cm³/mol. The van der Waals surface area contributed by atoms with E-state index in [-0.39, 0.29) is 15.8 Å². The molecule has 0 aliphatic heterocycles. The molecule has 0 saturated carbocycles. The Morgan fingerprint density at radius 1 is 0.522 bits per heavy atom. The van der Waals surface area contributed by atoms with Crippen LogP contribution in [0.4, 0.5) is 0 Å². The summed E-state index contributed by atoms with van der Waals surface area (Å²) in [6, 6.07) is 0. The van der Waals surface area contributed by atoms with E-state index in [1.807, 2.05) is 0 Å². The van der Waals surface area contributed by atoms with Crippen LogP contribution in [0.3, 0.4) is 0 Å². The molecule has 0 aromatic rings. The molecule has 0 bridgehead atoms. The van der Waals surface area contributed by atoms with E-state index in [2.05, 4.69) is 69.2 Å². The van der Waals surface area contributed by atoms with Gasteiger partial charge in [-0.1, -0.05) is 69.2 Å². The van der Waals surface area contributed by atoms with Gasteiger partial charge in [0.2, 0.25) is 0 Å². The maximum absolute atomic E-state index is 2.63. The molecule has 0 radical (unpaired) electrons. The molecule has 0 spiro atoms. The van der Waals surface area contributed by atoms with Crippen LogP contribution >= 0.6 is 15.8 Å². The molecule has 0 saturated heterocycles. The van der Waals surface area contributed by atoms with Gasteiger partial charge in [-0.25, -0.2) is 0 Å². The van der Waals surface area contributed by atoms with Crippen molar-refractivity contribution in [1.29, 1.82) is 0 Å². The van der Waals surface area contributed by atoms with E-state index in [0.29, 0.717) is 0 Å². The van der Waals surface area contributed by atoms with Crippen molar-refractivity contribution in [3.63, 3.8) is 0 Å². The van der Waals surface area contributed by atoms with Gasteiger partial charge in [-0.15, -0.1) is 15.8 Å². The van der Waals surface area contributed by atoms with Gasteiger partial charge < -0.3 is 0 Å². The first-order valence-electron chi connectivity index (χ1n) is 10.1. The first-order chi connectivity index (χ1) is 10.6. The van der Waals surface area contributed by atoms with Crippen LogP contribution in [0.1, 0.15) is 75.7 Å². The minimum Gasteiger partial charge on any atom is -0.103 e. The van der Waals surface area contributed by atoms with Crippen LogP contribution in [0.2, 0.25) is 0 Å². The van der Waals surface area contributed by atoms with E-state index in [4.69, 9.17) is 0 Å². The lowest BCUT2D eigenvalue weighted by Gasteiger charge is -2.39. The fraction of sp³-hybridized carbons (Fsp3) is 1.00. The van der Waals surface area contributed by atoms with E-state index in [0.717, 1.165) is 35.0 Å². The smallest absolute Gasteiger partial charge is 0.0147 e. The predicted octanol–water partition coefficient (Wildman–Crippen LogP) is 7.74. The molecule has 0 aromatic heterocycles. The quantitative estimate of drug-likeness (QED) is 0.312. The highest BCUT2D eigenvalue weighted by Gasteiger charge is 2.31. The minimum atomic E-state index is 0.188. The molecule has 0 aromatic carbocycles. The normalized spacial score (nSPS) is 15.7. The number of rotatable bonds is 12. The van der Waals surface area contributed by atoms with E-state index in [1.165, 1.54) is 31.1 Å². The Kier molecular flexibility index (Phi) is 12.7. The van der Waals surface area contributed by atoms with Crippen molar-refractivity contribution in [1.82, 2.24) is 0 Å². The zero-order chi connectivity index (χ0) is 18.2. The van der Waals surface area contributed by atoms with Gasteiger partial charge in [-0.2, -0.15) is 0 Å². The molecule has 2 heteroatoms. The van der Waals surface area contributed by atoms with Crippen LogP contribution < -0.4 is 0 Å². The summed E-state index contributed by atoms with van der Waals surface area (Å²) in [6.07, 6.45) is 7.35. The highest BCUT2D eigenvalue weighted by Crippen LogP contribution is 2.56. The van der Waals surface area contributed by atoms with E-state index < -0.39 is 0 Å². The second kappa shape index (κ2) is 12.3. The molecular formula is C21H46P2. The van der Waals surface area contributed by atoms with Crippen LogP contribution in [0, 0.1) is 23.7 Å². The molecule has 140 valence electrons. The summed E-state index contributed by atoms with van der Waals surface area (Å²) in [6.45, 7) is 24.5. The Labute approximate surface area is 151 Å². The topological polar surface area (TPSA) is 0 Å². The lowest BCUT2D eigenvalue weighted by molar-refractivity contribution is 0.680. The first kappa shape index (κ1) is 23.9. The Morgan fingerprint density at radius 3 is 1.09 bits per heavy atom. The van der Waals surface area contributed by atoms with Crippen LogP contribution in [0.5, 0.6) is 0 Å². The zero-order valence-electron chi connectivity index (χ0n) is 17.9. The molecule has 0 rings (SSSR count). The fourth-order valence-electron chi connectivity index (χ4n) is 3.78. The second-order valence-electron chi connectivity index (χ2n) is 9.20. The minimum absolute atomic E-state index is 0.188. The summed E-state index contributed by atoms with van der Waals surface area (Å²) in [5, 5.41) is 0. The Bertz CT molecular complexity index is 264. The van der Waals surface area contributed by atoms with Gasteiger partial charge in [0.25, 0.3) is 0 Å². The third-order valence-corrected chi connectivity index (χ3v) is 12.7. The highest BCUT2D eigenvalue weighted by molar-refractivity contribution is 7.62. The van der Waals surface area contributed by atoms with Crippen LogP contribution in [-0.4, -0.2) is 36.0 Å². The van der Waals surface area contributed by atoms with Crippen molar-refractivity contribution in [2.45, 2.75) is 87.0 Å². The van der Waals surface area contributed by atoms with Crippen LogP contribution in [0.15, 0.2) is 0 Å². The maximum atomic E-state index is 2.63. The van der Waals surface area contributed by atoms with Crippen molar-refractivity contribution in [2.75, 3.05) is 24.6 Å². The van der Waals surface area contributed by atoms with Crippen molar-refractivity contribution < 1.29 is 0 Å². The molecule has 0 heterocycles. The summed E-state index contributed by atoms with van der Waals surface area (Å²) in [5.41, 5.74) is 1.96. The van der Waals surface area contributed by atoms with Crippen molar-refractivity contribution in [3.8, 4) is 0 Å². The van der Waals surface area contributed by atoms with E-state index in [1.54, 1.807) is 0 Å². The van der Waals surface area contributed by atoms with Gasteiger partial charge >= 0.3 is 0 Å². The molecule has 0 fully saturated rings. The molecule has 23 heavy (non-hydrogen) atoms. The maximum Gasteiger partial charge on any atom is -0.0147 e. The molecule has 2 unspecified atom stereocenters. The lowest BCUT2D eigenvalue weighted by atomic mass is 10.2. The molecule has 0 aliphatic rings. The summed E-state index contributed by atoms with van der Waals surface area (Å²) < 4.78 is 0. The molecule has 0 aliphatic carbocycles. The van der Waals surface area contributed by atoms with Crippen LogP contribution in [0.25, 0.3) is 0 Å². The van der Waals surface area contributed by atoms with E-state index >= 15 is 0 Å². The van der Waals surface area contributed by atoms with Crippen molar-refractivity contribution >= 4 is 15.8 Å². The summed E-state index contributed by atoms with van der Waals surface area (Å²) >= 11 is 0. The monoisotopic (exact) mass is 360 g/mol. The SMILES string of the molecule is CCC(C(C)P(CC(C)C)CC(C)C)P(CC(C)C)CC(C)C. The average Bonchev–Trinajstić information content (AvgIpc) is 2.35. The zero-order valence-corrected chi connectivity index (χ0v) is 19.7. The van der Waals surface area contributed by atoms with Gasteiger partial charge in [0.15, 0.2) is 0 Å². The van der Waals surface area contributed by atoms with E-state index in [9.17, 15) is 0 Å². The molecule has 0 N–H and O–H groups in total. The molecular weight excluding hydrogens is 314 g/mol. The van der Waals surface area contributed by atoms with Gasteiger partial charge in [0.1, 0.15) is 0 Å². The average molecular weight is 361 g/mol. The summed E-state index contributed by atoms with van der Waals surface area (Å²) in [7, 11) is 0.379. The molecule has 2 atom stereocenters. The summed E-state index contributed by atoms with van der Waals surface area (Å²) in [4.78, 5) is 0. The van der Waals surface area contributed by atoms with Gasteiger partial charge in [-0.05, 0) is 66.1 Å². The van der Waals surface area contributed by atoms with Crippen molar-refractivity contribution in [2.24, 2.45) is 23.7 Å². The summed E-state index contributed by atoms with van der Waals surface area (Å²) in [5.74, 6) is 3.45.